The molecule has 0 radical (unpaired) electrons. The highest BCUT2D eigenvalue weighted by molar-refractivity contribution is 7.99. The highest BCUT2D eigenvalue weighted by Gasteiger charge is 2.12. The van der Waals surface area contributed by atoms with Gasteiger partial charge in [0.05, 0.1) is 10.5 Å². The Bertz CT molecular complexity index is 582. The lowest BCUT2D eigenvalue weighted by atomic mass is 10.0. The highest BCUT2D eigenvalue weighted by Crippen LogP contribution is 2.28. The molecule has 2 nitrogen and oxygen atoms in total. The van der Waals surface area contributed by atoms with Crippen LogP contribution in [0, 0.1) is 5.92 Å². The Morgan fingerprint density at radius 1 is 1.19 bits per heavy atom. The third-order valence-electron chi connectivity index (χ3n) is 3.97. The summed E-state index contributed by atoms with van der Waals surface area (Å²) in [5, 5.41) is 2.38. The average Bonchev–Trinajstić information content (AvgIpc) is 2.52. The van der Waals surface area contributed by atoms with E-state index in [2.05, 4.69) is 51.1 Å². The normalized spacial score (nSPS) is 14.3. The van der Waals surface area contributed by atoms with Crippen molar-refractivity contribution in [2.24, 2.45) is 11.7 Å². The third kappa shape index (κ3) is 4.45. The smallest absolute Gasteiger partial charge is 0.1000 e. The molecule has 21 heavy (non-hydrogen) atoms. The van der Waals surface area contributed by atoms with Crippen LogP contribution in [0.25, 0.3) is 10.9 Å². The van der Waals surface area contributed by atoms with Crippen LogP contribution in [0.5, 0.6) is 0 Å². The molecule has 0 amide bonds. The molecule has 0 aliphatic rings. The van der Waals surface area contributed by atoms with Crippen LogP contribution < -0.4 is 5.73 Å². The molecule has 1 heterocycles. The summed E-state index contributed by atoms with van der Waals surface area (Å²) in [6, 6.07) is 10.8. The maximum Gasteiger partial charge on any atom is 0.1000 e. The minimum atomic E-state index is 0.218. The number of hydrogen-bond donors (Lipinski definition) is 1. The first kappa shape index (κ1) is 16.3. The van der Waals surface area contributed by atoms with Crippen molar-refractivity contribution in [1.29, 1.82) is 0 Å². The second kappa shape index (κ2) is 7.81. The SMILES string of the molecule is CCC(C)CSc1nc2ccccc2cc1CC(N)CC. The summed E-state index contributed by atoms with van der Waals surface area (Å²) in [4.78, 5) is 4.88. The molecule has 0 saturated heterocycles. The predicted molar refractivity (Wildman–Crippen MR) is 93.9 cm³/mol. The molecule has 114 valence electrons. The van der Waals surface area contributed by atoms with Crippen LogP contribution >= 0.6 is 11.8 Å². The first-order chi connectivity index (χ1) is 10.1. The zero-order valence-corrected chi connectivity index (χ0v) is 14.1. The van der Waals surface area contributed by atoms with E-state index in [9.17, 15) is 0 Å². The molecule has 1 aromatic carbocycles. The third-order valence-corrected chi connectivity index (χ3v) is 5.33. The van der Waals surface area contributed by atoms with E-state index in [1.807, 2.05) is 11.8 Å². The van der Waals surface area contributed by atoms with Gasteiger partial charge in [0.15, 0.2) is 0 Å². The molecule has 0 aliphatic carbocycles. The predicted octanol–water partition coefficient (Wildman–Crippen LogP) is 4.65. The molecule has 2 rings (SSSR count). The number of rotatable bonds is 7. The van der Waals surface area contributed by atoms with Crippen molar-refractivity contribution in [3.63, 3.8) is 0 Å². The largest absolute Gasteiger partial charge is 0.327 e. The van der Waals surface area contributed by atoms with Crippen LogP contribution in [0.15, 0.2) is 35.4 Å². The number of pyridine rings is 1. The minimum absolute atomic E-state index is 0.218. The van der Waals surface area contributed by atoms with Crippen molar-refractivity contribution in [1.82, 2.24) is 4.98 Å². The second-order valence-corrected chi connectivity index (χ2v) is 6.85. The van der Waals surface area contributed by atoms with Crippen LogP contribution in [0.3, 0.4) is 0 Å². The molecule has 0 aliphatic heterocycles. The van der Waals surface area contributed by atoms with Gasteiger partial charge in [-0.15, -0.1) is 11.8 Å². The minimum Gasteiger partial charge on any atom is -0.327 e. The Morgan fingerprint density at radius 3 is 2.67 bits per heavy atom. The van der Waals surface area contributed by atoms with Gasteiger partial charge < -0.3 is 5.73 Å². The zero-order chi connectivity index (χ0) is 15.2. The summed E-state index contributed by atoms with van der Waals surface area (Å²) < 4.78 is 0. The van der Waals surface area contributed by atoms with Crippen LogP contribution in [0.2, 0.25) is 0 Å². The van der Waals surface area contributed by atoms with Crippen molar-refractivity contribution in [3.05, 3.63) is 35.9 Å². The molecule has 0 saturated carbocycles. The van der Waals surface area contributed by atoms with Gasteiger partial charge in [0.25, 0.3) is 0 Å². The topological polar surface area (TPSA) is 38.9 Å². The first-order valence-electron chi connectivity index (χ1n) is 7.91. The van der Waals surface area contributed by atoms with E-state index in [0.29, 0.717) is 0 Å². The second-order valence-electron chi connectivity index (χ2n) is 5.84. The van der Waals surface area contributed by atoms with E-state index in [-0.39, 0.29) is 6.04 Å². The summed E-state index contributed by atoms with van der Waals surface area (Å²) in [7, 11) is 0. The van der Waals surface area contributed by atoms with Crippen LogP contribution in [-0.2, 0) is 6.42 Å². The van der Waals surface area contributed by atoms with Gasteiger partial charge in [-0.05, 0) is 36.5 Å². The maximum atomic E-state index is 6.16. The van der Waals surface area contributed by atoms with Gasteiger partial charge in [0, 0.05) is 17.2 Å². The lowest BCUT2D eigenvalue weighted by molar-refractivity contribution is 0.632. The van der Waals surface area contributed by atoms with Crippen molar-refractivity contribution in [2.45, 2.75) is 51.1 Å². The van der Waals surface area contributed by atoms with Crippen molar-refractivity contribution in [3.8, 4) is 0 Å². The molecule has 2 N–H and O–H groups in total. The number of hydrogen-bond acceptors (Lipinski definition) is 3. The molecule has 3 heteroatoms. The van der Waals surface area contributed by atoms with E-state index in [1.165, 1.54) is 17.4 Å². The van der Waals surface area contributed by atoms with Crippen molar-refractivity contribution >= 4 is 22.7 Å². The zero-order valence-electron chi connectivity index (χ0n) is 13.3. The van der Waals surface area contributed by atoms with Crippen molar-refractivity contribution < 1.29 is 0 Å². The number of thioether (sulfide) groups is 1. The lowest BCUT2D eigenvalue weighted by Crippen LogP contribution is -2.22. The summed E-state index contributed by atoms with van der Waals surface area (Å²) in [5.74, 6) is 1.84. The number of aromatic nitrogens is 1. The van der Waals surface area contributed by atoms with Crippen LogP contribution in [0.1, 0.15) is 39.2 Å². The summed E-state index contributed by atoms with van der Waals surface area (Å²) >= 11 is 1.88. The van der Waals surface area contributed by atoms with E-state index in [4.69, 9.17) is 10.7 Å². The highest BCUT2D eigenvalue weighted by atomic mass is 32.2. The summed E-state index contributed by atoms with van der Waals surface area (Å²) in [6.45, 7) is 6.68. The standard InChI is InChI=1S/C18H26N2S/c1-4-13(3)12-21-18-15(11-16(19)5-2)10-14-8-6-7-9-17(14)20-18/h6-10,13,16H,4-5,11-12,19H2,1-3H3. The van der Waals surface area contributed by atoms with Crippen LogP contribution in [-0.4, -0.2) is 16.8 Å². The van der Waals surface area contributed by atoms with Gasteiger partial charge in [0.1, 0.15) is 0 Å². The van der Waals surface area contributed by atoms with Gasteiger partial charge in [-0.2, -0.15) is 0 Å². The van der Waals surface area contributed by atoms with Gasteiger partial charge in [-0.3, -0.25) is 0 Å². The quantitative estimate of drug-likeness (QED) is 0.756. The Kier molecular flexibility index (Phi) is 6.07. The molecule has 0 spiro atoms. The van der Waals surface area contributed by atoms with Gasteiger partial charge in [-0.1, -0.05) is 45.4 Å². The Hall–Kier alpha value is -1.06. The summed E-state index contributed by atoms with van der Waals surface area (Å²) in [6.07, 6.45) is 3.13. The van der Waals surface area contributed by atoms with E-state index in [1.54, 1.807) is 0 Å². The first-order valence-corrected chi connectivity index (χ1v) is 8.89. The molecule has 1 aromatic heterocycles. The van der Waals surface area contributed by atoms with Crippen LogP contribution in [0.4, 0.5) is 0 Å². The maximum absolute atomic E-state index is 6.16. The monoisotopic (exact) mass is 302 g/mol. The number of benzene rings is 1. The fraction of sp³-hybridized carbons (Fsp3) is 0.500. The molecular weight excluding hydrogens is 276 g/mol. The van der Waals surface area contributed by atoms with Crippen molar-refractivity contribution in [2.75, 3.05) is 5.75 Å². The van der Waals surface area contributed by atoms with Gasteiger partial charge >= 0.3 is 0 Å². The number of para-hydroxylation sites is 1. The lowest BCUT2D eigenvalue weighted by Gasteiger charge is -2.15. The fourth-order valence-electron chi connectivity index (χ4n) is 2.18. The Labute approximate surface area is 132 Å². The summed E-state index contributed by atoms with van der Waals surface area (Å²) in [5.41, 5.74) is 8.55. The number of nitrogens with zero attached hydrogens (tertiary/aromatic N) is 1. The Balaban J connectivity index is 2.31. The molecular formula is C18H26N2S. The molecule has 0 fully saturated rings. The molecule has 2 aromatic rings. The van der Waals surface area contributed by atoms with E-state index < -0.39 is 0 Å². The average molecular weight is 302 g/mol. The Morgan fingerprint density at radius 2 is 1.95 bits per heavy atom. The number of fused-ring (bicyclic) bond motifs is 1. The fourth-order valence-corrected chi connectivity index (χ4v) is 3.35. The molecule has 2 unspecified atom stereocenters. The van der Waals surface area contributed by atoms with E-state index >= 15 is 0 Å². The molecule has 0 bridgehead atoms. The number of nitrogens with two attached hydrogens (primary N) is 1. The van der Waals surface area contributed by atoms with Gasteiger partial charge in [-0.25, -0.2) is 4.98 Å². The van der Waals surface area contributed by atoms with Gasteiger partial charge in [0.2, 0.25) is 0 Å². The molecule has 2 atom stereocenters. The van der Waals surface area contributed by atoms with E-state index in [0.717, 1.165) is 35.1 Å².